The summed E-state index contributed by atoms with van der Waals surface area (Å²) in [5.74, 6) is 3.17. The predicted octanol–water partition coefficient (Wildman–Crippen LogP) is 1.31. The van der Waals surface area contributed by atoms with Crippen LogP contribution >= 0.6 is 11.8 Å². The summed E-state index contributed by atoms with van der Waals surface area (Å²) in [6.45, 7) is 4.37. The number of carbonyl (C=O) groups excluding carboxylic acids is 1. The fourth-order valence-electron chi connectivity index (χ4n) is 3.45. The largest absolute Gasteiger partial charge is 0.355 e. The Morgan fingerprint density at radius 1 is 1.24 bits per heavy atom. The van der Waals surface area contributed by atoms with Crippen molar-refractivity contribution in [2.24, 2.45) is 0 Å². The molecule has 0 bridgehead atoms. The molecule has 0 spiro atoms. The first kappa shape index (κ1) is 19.9. The number of rotatable bonds is 5. The van der Waals surface area contributed by atoms with Crippen molar-refractivity contribution in [3.05, 3.63) is 36.7 Å². The molecule has 154 valence electrons. The van der Waals surface area contributed by atoms with E-state index >= 15 is 0 Å². The second kappa shape index (κ2) is 8.98. The highest BCUT2D eigenvalue weighted by molar-refractivity contribution is 7.99. The van der Waals surface area contributed by atoms with Gasteiger partial charge in [0, 0.05) is 49.8 Å². The van der Waals surface area contributed by atoms with Gasteiger partial charge in [-0.05, 0) is 24.3 Å². The highest BCUT2D eigenvalue weighted by atomic mass is 32.2. The average molecular weight is 416 g/mol. The molecule has 1 amide bonds. The first-order valence-corrected chi connectivity index (χ1v) is 10.9. The number of hydrogen-bond donors (Lipinski definition) is 2. The average Bonchev–Trinajstić information content (AvgIpc) is 3.14. The number of amides is 1. The van der Waals surface area contributed by atoms with E-state index in [2.05, 4.69) is 20.2 Å². The number of carbonyl (C=O) groups is 1. The molecule has 4 heterocycles. The van der Waals surface area contributed by atoms with Gasteiger partial charge < -0.3 is 25.0 Å². The van der Waals surface area contributed by atoms with Crippen molar-refractivity contribution in [1.29, 1.82) is 0 Å². The van der Waals surface area contributed by atoms with Crippen LogP contribution in [0, 0.1) is 0 Å². The van der Waals surface area contributed by atoms with Crippen molar-refractivity contribution >= 4 is 29.2 Å². The van der Waals surface area contributed by atoms with Crippen LogP contribution in [0.15, 0.2) is 36.7 Å². The number of nitrogens with zero attached hydrogens (tertiary/aromatic N) is 4. The molecule has 8 nitrogen and oxygen atoms in total. The summed E-state index contributed by atoms with van der Waals surface area (Å²) in [5.41, 5.74) is 2.54. The van der Waals surface area contributed by atoms with Crippen molar-refractivity contribution in [3.8, 4) is 11.3 Å². The first-order valence-electron chi connectivity index (χ1n) is 9.70. The van der Waals surface area contributed by atoms with Gasteiger partial charge in [-0.15, -0.1) is 0 Å². The van der Waals surface area contributed by atoms with Crippen LogP contribution in [-0.2, 0) is 9.53 Å². The second-order valence-electron chi connectivity index (χ2n) is 7.08. The van der Waals surface area contributed by atoms with Gasteiger partial charge >= 0.3 is 0 Å². The van der Waals surface area contributed by atoms with E-state index in [9.17, 15) is 9.90 Å². The Hall–Kier alpha value is -2.36. The maximum absolute atomic E-state index is 11.1. The minimum Gasteiger partial charge on any atom is -0.355 e. The Morgan fingerprint density at radius 3 is 2.72 bits per heavy atom. The summed E-state index contributed by atoms with van der Waals surface area (Å²) in [5, 5.41) is 12.9. The van der Waals surface area contributed by atoms with Crippen LogP contribution in [-0.4, -0.2) is 71.2 Å². The lowest BCUT2D eigenvalue weighted by molar-refractivity contribution is -0.121. The van der Waals surface area contributed by atoms with Crippen molar-refractivity contribution in [1.82, 2.24) is 15.3 Å². The number of nitrogens with one attached hydrogen (secondary N) is 1. The van der Waals surface area contributed by atoms with E-state index < -0.39 is 6.41 Å². The summed E-state index contributed by atoms with van der Waals surface area (Å²) in [7, 11) is 0. The molecular weight excluding hydrogens is 390 g/mol. The quantitative estimate of drug-likeness (QED) is 0.756. The van der Waals surface area contributed by atoms with Crippen LogP contribution in [0.2, 0.25) is 0 Å². The highest BCUT2D eigenvalue weighted by Crippen LogP contribution is 2.26. The van der Waals surface area contributed by atoms with Gasteiger partial charge in [0.25, 0.3) is 0 Å². The molecule has 2 atom stereocenters. The van der Waals surface area contributed by atoms with E-state index in [-0.39, 0.29) is 12.0 Å². The maximum Gasteiger partial charge on any atom is 0.238 e. The van der Waals surface area contributed by atoms with E-state index in [0.29, 0.717) is 13.1 Å². The van der Waals surface area contributed by atoms with Crippen LogP contribution in [0.4, 0.5) is 11.5 Å². The molecule has 2 aromatic heterocycles. The molecule has 2 aromatic rings. The monoisotopic (exact) mass is 415 g/mol. The third kappa shape index (κ3) is 4.80. The van der Waals surface area contributed by atoms with Crippen molar-refractivity contribution in [2.45, 2.75) is 19.4 Å². The van der Waals surface area contributed by atoms with E-state index in [1.165, 1.54) is 6.92 Å². The Kier molecular flexibility index (Phi) is 6.17. The lowest BCUT2D eigenvalue weighted by Gasteiger charge is -2.27. The molecule has 2 N–H and O–H groups in total. The maximum atomic E-state index is 11.1. The van der Waals surface area contributed by atoms with Crippen LogP contribution < -0.4 is 15.1 Å². The fourth-order valence-corrected chi connectivity index (χ4v) is 4.35. The molecule has 4 rings (SSSR count). The van der Waals surface area contributed by atoms with Crippen molar-refractivity contribution in [2.75, 3.05) is 47.5 Å². The zero-order chi connectivity index (χ0) is 20.2. The molecular formula is C20H25N5O3S. The molecule has 2 aliphatic heterocycles. The molecule has 1 unspecified atom stereocenters. The molecule has 9 heteroatoms. The number of hydrogen-bond acceptors (Lipinski definition) is 8. The van der Waals surface area contributed by atoms with E-state index in [1.54, 1.807) is 11.1 Å². The summed E-state index contributed by atoms with van der Waals surface area (Å²) < 4.78 is 5.49. The molecule has 29 heavy (non-hydrogen) atoms. The lowest BCUT2D eigenvalue weighted by Crippen LogP contribution is -2.33. The van der Waals surface area contributed by atoms with E-state index in [4.69, 9.17) is 4.74 Å². The number of pyridine rings is 2. The smallest absolute Gasteiger partial charge is 0.238 e. The SMILES string of the molecule is CC(=O)NC[C@H]1CN(c2ccc(-c3ccc(N4CCSCC4)nc3)nc2)C(O)O1. The molecule has 0 aromatic carbocycles. The molecule has 2 saturated heterocycles. The van der Waals surface area contributed by atoms with E-state index in [1.807, 2.05) is 42.2 Å². The number of ether oxygens (including phenoxy) is 1. The minimum atomic E-state index is -1.05. The van der Waals surface area contributed by atoms with Crippen LogP contribution in [0.25, 0.3) is 11.3 Å². The number of thioether (sulfide) groups is 1. The Balaban J connectivity index is 1.40. The van der Waals surface area contributed by atoms with Gasteiger partial charge in [0.05, 0.1) is 30.2 Å². The Labute approximate surface area is 174 Å². The third-order valence-electron chi connectivity index (χ3n) is 5.02. The summed E-state index contributed by atoms with van der Waals surface area (Å²) in [6, 6.07) is 7.91. The number of anilines is 2. The van der Waals surface area contributed by atoms with Crippen LogP contribution in [0.5, 0.6) is 0 Å². The topological polar surface area (TPSA) is 90.8 Å². The van der Waals surface area contributed by atoms with Crippen molar-refractivity contribution in [3.63, 3.8) is 0 Å². The molecule has 2 aliphatic rings. The molecule has 0 radical (unpaired) electrons. The van der Waals surface area contributed by atoms with Gasteiger partial charge in [0.2, 0.25) is 12.3 Å². The predicted molar refractivity (Wildman–Crippen MR) is 114 cm³/mol. The highest BCUT2D eigenvalue weighted by Gasteiger charge is 2.31. The number of aliphatic hydroxyl groups excluding tert-OH is 1. The van der Waals surface area contributed by atoms with Gasteiger partial charge in [-0.2, -0.15) is 11.8 Å². The van der Waals surface area contributed by atoms with Crippen molar-refractivity contribution < 1.29 is 14.6 Å². The Bertz CT molecular complexity index is 827. The normalized spacial score (nSPS) is 22.0. The number of aromatic nitrogens is 2. The van der Waals surface area contributed by atoms with Gasteiger partial charge in [0.1, 0.15) is 5.82 Å². The Morgan fingerprint density at radius 2 is 2.07 bits per heavy atom. The third-order valence-corrected chi connectivity index (χ3v) is 5.96. The van der Waals surface area contributed by atoms with E-state index in [0.717, 1.165) is 47.4 Å². The fraction of sp³-hybridized carbons (Fsp3) is 0.450. The molecule has 0 aliphatic carbocycles. The second-order valence-corrected chi connectivity index (χ2v) is 8.30. The van der Waals surface area contributed by atoms with Gasteiger partial charge in [-0.3, -0.25) is 9.78 Å². The molecule has 0 saturated carbocycles. The first-order chi connectivity index (χ1) is 14.1. The van der Waals surface area contributed by atoms with Crippen LogP contribution in [0.3, 0.4) is 0 Å². The van der Waals surface area contributed by atoms with Crippen LogP contribution in [0.1, 0.15) is 6.92 Å². The van der Waals surface area contributed by atoms with Gasteiger partial charge in [0.15, 0.2) is 0 Å². The zero-order valence-corrected chi connectivity index (χ0v) is 17.1. The summed E-state index contributed by atoms with van der Waals surface area (Å²) in [4.78, 5) is 24.2. The van der Waals surface area contributed by atoms with Gasteiger partial charge in [-0.25, -0.2) is 4.98 Å². The summed E-state index contributed by atoms with van der Waals surface area (Å²) in [6.07, 6.45) is 2.26. The standard InChI is InChI=1S/C20H25N5O3S/c1-14(26)21-12-17-13-25(20(27)28-17)16-3-4-18(22-11-16)15-2-5-19(23-10-15)24-6-8-29-9-7-24/h2-5,10-11,17,20,27H,6-9,12-13H2,1H3,(H,21,26)/t17-,20?/m0/s1. The van der Waals surface area contributed by atoms with Gasteiger partial charge in [-0.1, -0.05) is 0 Å². The molecule has 2 fully saturated rings. The lowest BCUT2D eigenvalue weighted by atomic mass is 10.2. The summed E-state index contributed by atoms with van der Waals surface area (Å²) >= 11 is 1.98. The number of aliphatic hydroxyl groups is 1. The minimum absolute atomic E-state index is 0.119. The zero-order valence-electron chi connectivity index (χ0n) is 16.3.